The van der Waals surface area contributed by atoms with E-state index in [0.29, 0.717) is 17.4 Å². The van der Waals surface area contributed by atoms with Crippen molar-refractivity contribution in [1.82, 2.24) is 0 Å². The number of hydrogen-bond acceptors (Lipinski definition) is 6. The molecular weight excluding hydrogens is 486 g/mol. The number of carbonyl (C=O) groups is 2. The number of nitrogens with zero attached hydrogens (tertiary/aromatic N) is 1. The van der Waals surface area contributed by atoms with Crippen LogP contribution in [0.2, 0.25) is 0 Å². The second-order valence-electron chi connectivity index (χ2n) is 11.3. The number of aliphatic carboxylic acids is 1. The number of rotatable bonds is 27. The maximum atomic E-state index is 11.9. The first kappa shape index (κ1) is 36.5. The van der Waals surface area contributed by atoms with Crippen LogP contribution in [-0.4, -0.2) is 86.5 Å². The highest BCUT2D eigenvalue weighted by Gasteiger charge is 2.22. The van der Waals surface area contributed by atoms with Crippen LogP contribution < -0.4 is 0 Å². The van der Waals surface area contributed by atoms with Gasteiger partial charge in [-0.3, -0.25) is 4.79 Å². The average Bonchev–Trinajstić information content (AvgIpc) is 2.85. The summed E-state index contributed by atoms with van der Waals surface area (Å²) in [6, 6.07) is 0. The summed E-state index contributed by atoms with van der Waals surface area (Å²) in [5, 5.41) is 19.1. The van der Waals surface area contributed by atoms with Crippen molar-refractivity contribution in [2.45, 2.75) is 122 Å². The Hall–Kier alpha value is -1.48. The molecule has 8 heteroatoms. The Morgan fingerprint density at radius 3 is 1.82 bits per heavy atom. The normalized spacial score (nSPS) is 13.6. The van der Waals surface area contributed by atoms with Gasteiger partial charge in [0.15, 0.2) is 0 Å². The summed E-state index contributed by atoms with van der Waals surface area (Å²) in [6.45, 7) is 2.57. The SMILES string of the molecule is CCCCCCCC/C=C\CCCCCCCCCC(=O)OCC(O)COC(OCC[N+](C)(C)C)C(=O)O. The van der Waals surface area contributed by atoms with Crippen molar-refractivity contribution in [2.24, 2.45) is 0 Å². The summed E-state index contributed by atoms with van der Waals surface area (Å²) in [6.07, 6.45) is 20.8. The van der Waals surface area contributed by atoms with Crippen molar-refractivity contribution < 1.29 is 38.5 Å². The molecule has 0 aromatic rings. The lowest BCUT2D eigenvalue weighted by atomic mass is 10.1. The number of unbranched alkanes of at least 4 members (excludes halogenated alkanes) is 13. The van der Waals surface area contributed by atoms with Crippen LogP contribution in [0.3, 0.4) is 0 Å². The zero-order chi connectivity index (χ0) is 28.5. The molecule has 2 N–H and O–H groups in total. The van der Waals surface area contributed by atoms with E-state index >= 15 is 0 Å². The number of carbonyl (C=O) groups excluding carboxylic acids is 1. The highest BCUT2D eigenvalue weighted by atomic mass is 16.7. The summed E-state index contributed by atoms with van der Waals surface area (Å²) in [7, 11) is 5.91. The number of ether oxygens (including phenoxy) is 3. The lowest BCUT2D eigenvalue weighted by molar-refractivity contribution is -0.870. The Balaban J connectivity index is 3.61. The largest absolute Gasteiger partial charge is 0.477 e. The molecule has 0 spiro atoms. The van der Waals surface area contributed by atoms with E-state index < -0.39 is 18.4 Å². The van der Waals surface area contributed by atoms with Crippen LogP contribution in [0.5, 0.6) is 0 Å². The average molecular weight is 545 g/mol. The molecule has 0 heterocycles. The van der Waals surface area contributed by atoms with E-state index in [2.05, 4.69) is 19.1 Å². The second-order valence-corrected chi connectivity index (χ2v) is 11.3. The number of aliphatic hydroxyl groups is 1. The van der Waals surface area contributed by atoms with Gasteiger partial charge in [-0.25, -0.2) is 4.79 Å². The molecule has 0 aromatic carbocycles. The molecule has 2 atom stereocenters. The first-order valence-corrected chi connectivity index (χ1v) is 14.9. The first-order valence-electron chi connectivity index (χ1n) is 14.9. The van der Waals surface area contributed by atoms with Crippen LogP contribution in [0.4, 0.5) is 0 Å². The number of esters is 1. The number of aliphatic hydroxyl groups excluding tert-OH is 1. The molecule has 8 nitrogen and oxygen atoms in total. The van der Waals surface area contributed by atoms with Crippen LogP contribution in [0, 0.1) is 0 Å². The van der Waals surface area contributed by atoms with Gasteiger partial charge < -0.3 is 28.9 Å². The number of hydrogen-bond donors (Lipinski definition) is 2. The molecule has 38 heavy (non-hydrogen) atoms. The first-order chi connectivity index (χ1) is 18.2. The third kappa shape index (κ3) is 26.1. The Kier molecular flexibility index (Phi) is 23.6. The highest BCUT2D eigenvalue weighted by Crippen LogP contribution is 2.11. The third-order valence-electron chi connectivity index (χ3n) is 6.25. The predicted octanol–water partition coefficient (Wildman–Crippen LogP) is 5.86. The van der Waals surface area contributed by atoms with Gasteiger partial charge in [-0.05, 0) is 32.1 Å². The molecule has 0 amide bonds. The highest BCUT2D eigenvalue weighted by molar-refractivity contribution is 5.70. The molecule has 0 aliphatic rings. The zero-order valence-electron chi connectivity index (χ0n) is 24.8. The Labute approximate surface area is 232 Å². The fourth-order valence-electron chi connectivity index (χ4n) is 3.83. The fourth-order valence-corrected chi connectivity index (χ4v) is 3.83. The summed E-state index contributed by atoms with van der Waals surface area (Å²) in [5.41, 5.74) is 0. The van der Waals surface area contributed by atoms with Crippen molar-refractivity contribution in [2.75, 3.05) is 47.5 Å². The molecule has 0 radical (unpaired) electrons. The minimum Gasteiger partial charge on any atom is -0.477 e. The zero-order valence-corrected chi connectivity index (χ0v) is 24.8. The van der Waals surface area contributed by atoms with Crippen molar-refractivity contribution in [3.8, 4) is 0 Å². The van der Waals surface area contributed by atoms with E-state index in [-0.39, 0.29) is 25.8 Å². The van der Waals surface area contributed by atoms with Crippen molar-refractivity contribution in [3.05, 3.63) is 12.2 Å². The Morgan fingerprint density at radius 1 is 0.763 bits per heavy atom. The van der Waals surface area contributed by atoms with Crippen LogP contribution in [0.15, 0.2) is 12.2 Å². The molecule has 224 valence electrons. The molecule has 0 aliphatic heterocycles. The van der Waals surface area contributed by atoms with Gasteiger partial charge in [0.05, 0.1) is 34.4 Å². The molecule has 0 fully saturated rings. The minimum atomic E-state index is -1.46. The van der Waals surface area contributed by atoms with Crippen molar-refractivity contribution in [3.63, 3.8) is 0 Å². The van der Waals surface area contributed by atoms with Gasteiger partial charge in [0, 0.05) is 6.42 Å². The smallest absolute Gasteiger partial charge is 0.361 e. The van der Waals surface area contributed by atoms with Gasteiger partial charge in [-0.1, -0.05) is 83.3 Å². The number of likely N-dealkylation sites (N-methyl/N-ethyl adjacent to an activating group) is 1. The van der Waals surface area contributed by atoms with Gasteiger partial charge in [0.25, 0.3) is 6.29 Å². The van der Waals surface area contributed by atoms with Gasteiger partial charge in [-0.2, -0.15) is 0 Å². The molecule has 0 rings (SSSR count). The summed E-state index contributed by atoms with van der Waals surface area (Å²) < 4.78 is 16.1. The number of quaternary nitrogens is 1. The van der Waals surface area contributed by atoms with E-state index in [1.165, 1.54) is 77.0 Å². The molecule has 0 aromatic heterocycles. The lowest BCUT2D eigenvalue weighted by Gasteiger charge is -2.24. The van der Waals surface area contributed by atoms with Crippen LogP contribution >= 0.6 is 0 Å². The van der Waals surface area contributed by atoms with Crippen LogP contribution in [0.1, 0.15) is 110 Å². The van der Waals surface area contributed by atoms with Crippen molar-refractivity contribution >= 4 is 11.9 Å². The second kappa shape index (κ2) is 24.6. The minimum absolute atomic E-state index is 0.211. The third-order valence-corrected chi connectivity index (χ3v) is 6.25. The number of allylic oxidation sites excluding steroid dienone is 2. The number of carboxylic acids is 1. The summed E-state index contributed by atoms with van der Waals surface area (Å²) in [4.78, 5) is 23.1. The quantitative estimate of drug-likeness (QED) is 0.0439. The summed E-state index contributed by atoms with van der Waals surface area (Å²) in [5.74, 6) is -1.61. The topological polar surface area (TPSA) is 102 Å². The van der Waals surface area contributed by atoms with Crippen LogP contribution in [-0.2, 0) is 23.8 Å². The van der Waals surface area contributed by atoms with Gasteiger partial charge in [0.1, 0.15) is 19.3 Å². The molecule has 2 unspecified atom stereocenters. The Morgan fingerprint density at radius 2 is 1.29 bits per heavy atom. The van der Waals surface area contributed by atoms with E-state index in [1.54, 1.807) is 0 Å². The molecule has 0 bridgehead atoms. The molecule has 0 saturated carbocycles. The monoisotopic (exact) mass is 544 g/mol. The standard InChI is InChI=1S/C30H57NO7/c1-5-6-7-8-9-10-11-12-13-14-15-16-17-18-19-20-21-22-28(33)37-25-27(32)26-38-30(29(34)35)36-24-23-31(2,3)4/h12-13,27,30,32H,5-11,14-26H2,1-4H3/p+1/b13-12-. The van der Waals surface area contributed by atoms with Crippen LogP contribution in [0.25, 0.3) is 0 Å². The Bertz CT molecular complexity index is 604. The van der Waals surface area contributed by atoms with Gasteiger partial charge in [0.2, 0.25) is 0 Å². The van der Waals surface area contributed by atoms with E-state index in [0.717, 1.165) is 19.3 Å². The maximum Gasteiger partial charge on any atom is 0.361 e. The molecule has 0 aliphatic carbocycles. The predicted molar refractivity (Wildman–Crippen MR) is 152 cm³/mol. The number of carboxylic acid groups (broad SMARTS) is 1. The lowest BCUT2D eigenvalue weighted by Crippen LogP contribution is -2.40. The van der Waals surface area contributed by atoms with E-state index in [4.69, 9.17) is 14.2 Å². The fraction of sp³-hybridized carbons (Fsp3) is 0.867. The molecular formula is C30H58NO7+. The van der Waals surface area contributed by atoms with Gasteiger partial charge in [-0.15, -0.1) is 0 Å². The van der Waals surface area contributed by atoms with E-state index in [1.807, 2.05) is 21.1 Å². The maximum absolute atomic E-state index is 11.9. The summed E-state index contributed by atoms with van der Waals surface area (Å²) >= 11 is 0. The molecule has 0 saturated heterocycles. The van der Waals surface area contributed by atoms with Gasteiger partial charge >= 0.3 is 11.9 Å². The van der Waals surface area contributed by atoms with E-state index in [9.17, 15) is 19.8 Å². The van der Waals surface area contributed by atoms with Crippen molar-refractivity contribution in [1.29, 1.82) is 0 Å².